The number of aromatic nitrogens is 1. The second-order valence-corrected chi connectivity index (χ2v) is 2.95. The lowest BCUT2D eigenvalue weighted by Gasteiger charge is -2.13. The third-order valence-corrected chi connectivity index (χ3v) is 1.78. The van der Waals surface area contributed by atoms with Crippen molar-refractivity contribution < 1.29 is 32.2 Å². The van der Waals surface area contributed by atoms with Crippen LogP contribution in [0.25, 0.3) is 0 Å². The summed E-state index contributed by atoms with van der Waals surface area (Å²) in [6, 6.07) is 0.513. The minimum absolute atomic E-state index is 0.513. The van der Waals surface area contributed by atoms with Gasteiger partial charge in [-0.2, -0.15) is 0 Å². The Bertz CT molecular complexity index is 508. The molecule has 0 aliphatic carbocycles. The predicted octanol–water partition coefficient (Wildman–Crippen LogP) is 1.07. The van der Waals surface area contributed by atoms with E-state index < -0.39 is 35.1 Å². The Morgan fingerprint density at radius 1 is 1.33 bits per heavy atom. The lowest BCUT2D eigenvalue weighted by Crippen LogP contribution is -2.22. The lowest BCUT2D eigenvalue weighted by molar-refractivity contribution is -0.275. The first-order valence-electron chi connectivity index (χ1n) is 4.44. The first kappa shape index (κ1) is 13.9. The summed E-state index contributed by atoms with van der Waals surface area (Å²) in [4.78, 5) is 24.4. The quantitative estimate of drug-likeness (QED) is 0.829. The zero-order valence-electron chi connectivity index (χ0n) is 9.25. The van der Waals surface area contributed by atoms with Crippen LogP contribution in [0.4, 0.5) is 13.2 Å². The van der Waals surface area contributed by atoms with Gasteiger partial charge in [-0.05, 0) is 0 Å². The van der Waals surface area contributed by atoms with Gasteiger partial charge in [0.05, 0.1) is 14.2 Å². The Kier molecular flexibility index (Phi) is 3.84. The molecule has 6 nitrogen and oxygen atoms in total. The summed E-state index contributed by atoms with van der Waals surface area (Å²) >= 11 is 0. The number of nitrogens with one attached hydrogen (secondary N) is 1. The third-order valence-electron chi connectivity index (χ3n) is 1.78. The van der Waals surface area contributed by atoms with Gasteiger partial charge in [-0.25, -0.2) is 4.79 Å². The maximum Gasteiger partial charge on any atom is 0.573 e. The minimum Gasteiger partial charge on any atom is -0.491 e. The summed E-state index contributed by atoms with van der Waals surface area (Å²) < 4.78 is 48.8. The largest absolute Gasteiger partial charge is 0.573 e. The number of pyridine rings is 1. The number of hydrogen-bond acceptors (Lipinski definition) is 5. The molecule has 1 heterocycles. The number of halogens is 3. The maximum atomic E-state index is 12.1. The number of rotatable bonds is 3. The highest BCUT2D eigenvalue weighted by Crippen LogP contribution is 2.32. The van der Waals surface area contributed by atoms with E-state index in [9.17, 15) is 22.8 Å². The van der Waals surface area contributed by atoms with E-state index in [0.717, 1.165) is 14.2 Å². The van der Waals surface area contributed by atoms with Crippen molar-refractivity contribution in [2.75, 3.05) is 14.2 Å². The molecule has 0 fully saturated rings. The van der Waals surface area contributed by atoms with Gasteiger partial charge in [0.25, 0.3) is 5.56 Å². The molecule has 0 aliphatic heterocycles. The molecule has 0 bridgehead atoms. The maximum absolute atomic E-state index is 12.1. The summed E-state index contributed by atoms with van der Waals surface area (Å²) in [5.41, 5.74) is -1.53. The smallest absolute Gasteiger partial charge is 0.491 e. The van der Waals surface area contributed by atoms with E-state index in [0.29, 0.717) is 6.07 Å². The number of aromatic amines is 1. The molecule has 0 saturated heterocycles. The van der Waals surface area contributed by atoms with Crippen LogP contribution in [0.3, 0.4) is 0 Å². The first-order valence-corrected chi connectivity index (χ1v) is 4.44. The van der Waals surface area contributed by atoms with Gasteiger partial charge in [-0.1, -0.05) is 0 Å². The molecule has 0 aromatic carbocycles. The van der Waals surface area contributed by atoms with Crippen molar-refractivity contribution in [3.8, 4) is 11.5 Å². The topological polar surface area (TPSA) is 77.6 Å². The van der Waals surface area contributed by atoms with E-state index in [1.54, 1.807) is 0 Å². The van der Waals surface area contributed by atoms with E-state index in [1.807, 2.05) is 4.98 Å². The SMILES string of the molecule is COC(=O)c1[nH]c(=O)cc(OC(F)(F)F)c1OC. The Balaban J connectivity index is 3.38. The van der Waals surface area contributed by atoms with Crippen LogP contribution in [0, 0.1) is 0 Å². The molecule has 18 heavy (non-hydrogen) atoms. The van der Waals surface area contributed by atoms with E-state index in [1.165, 1.54) is 0 Å². The Morgan fingerprint density at radius 3 is 2.39 bits per heavy atom. The van der Waals surface area contributed by atoms with Gasteiger partial charge in [0.2, 0.25) is 0 Å². The number of methoxy groups -OCH3 is 2. The molecular weight excluding hydrogens is 259 g/mol. The number of carbonyl (C=O) groups excluding carboxylic acids is 1. The van der Waals surface area contributed by atoms with E-state index in [4.69, 9.17) is 0 Å². The average molecular weight is 267 g/mol. The van der Waals surface area contributed by atoms with Crippen LogP contribution < -0.4 is 15.0 Å². The van der Waals surface area contributed by atoms with E-state index in [2.05, 4.69) is 14.2 Å². The predicted molar refractivity (Wildman–Crippen MR) is 51.6 cm³/mol. The highest BCUT2D eigenvalue weighted by molar-refractivity contribution is 5.91. The highest BCUT2D eigenvalue weighted by atomic mass is 19.4. The van der Waals surface area contributed by atoms with Crippen LogP contribution in [0.1, 0.15) is 10.5 Å². The summed E-state index contributed by atoms with van der Waals surface area (Å²) in [5, 5.41) is 0. The molecule has 1 aromatic heterocycles. The second-order valence-electron chi connectivity index (χ2n) is 2.95. The Morgan fingerprint density at radius 2 is 1.94 bits per heavy atom. The molecule has 100 valence electrons. The first-order chi connectivity index (χ1) is 8.28. The molecular formula is C9H8F3NO5. The number of hydrogen-bond donors (Lipinski definition) is 1. The Labute approximate surface area is 98.3 Å². The average Bonchev–Trinajstić information content (AvgIpc) is 2.25. The van der Waals surface area contributed by atoms with Crippen molar-refractivity contribution in [3.05, 3.63) is 22.1 Å². The van der Waals surface area contributed by atoms with Crippen molar-refractivity contribution in [2.24, 2.45) is 0 Å². The molecule has 1 aromatic rings. The third kappa shape index (κ3) is 3.15. The summed E-state index contributed by atoms with van der Waals surface area (Å²) in [6.07, 6.45) is -5.02. The summed E-state index contributed by atoms with van der Waals surface area (Å²) in [5.74, 6) is -2.55. The van der Waals surface area contributed by atoms with Crippen LogP contribution in [0.5, 0.6) is 11.5 Å². The molecule has 0 atom stereocenters. The van der Waals surface area contributed by atoms with Crippen molar-refractivity contribution in [3.63, 3.8) is 0 Å². The minimum atomic E-state index is -5.02. The monoisotopic (exact) mass is 267 g/mol. The van der Waals surface area contributed by atoms with Gasteiger partial charge >= 0.3 is 12.3 Å². The fourth-order valence-electron chi connectivity index (χ4n) is 1.17. The van der Waals surface area contributed by atoms with Crippen molar-refractivity contribution in [1.82, 2.24) is 4.98 Å². The van der Waals surface area contributed by atoms with Crippen LogP contribution in [-0.4, -0.2) is 31.5 Å². The van der Waals surface area contributed by atoms with Gasteiger partial charge < -0.3 is 19.2 Å². The molecule has 0 aliphatic rings. The molecule has 0 amide bonds. The highest BCUT2D eigenvalue weighted by Gasteiger charge is 2.34. The van der Waals surface area contributed by atoms with Crippen molar-refractivity contribution in [2.45, 2.75) is 6.36 Å². The fourth-order valence-corrected chi connectivity index (χ4v) is 1.17. The number of ether oxygens (including phenoxy) is 3. The molecule has 1 rings (SSSR count). The van der Waals surface area contributed by atoms with Crippen molar-refractivity contribution >= 4 is 5.97 Å². The number of H-pyrrole nitrogens is 1. The molecule has 9 heteroatoms. The van der Waals surface area contributed by atoms with E-state index in [-0.39, 0.29) is 0 Å². The van der Waals surface area contributed by atoms with Crippen LogP contribution in [0.15, 0.2) is 10.9 Å². The zero-order chi connectivity index (χ0) is 13.9. The van der Waals surface area contributed by atoms with Gasteiger partial charge in [0.15, 0.2) is 17.2 Å². The van der Waals surface area contributed by atoms with Crippen molar-refractivity contribution in [1.29, 1.82) is 0 Å². The molecule has 0 saturated carbocycles. The Hall–Kier alpha value is -2.19. The van der Waals surface area contributed by atoms with Crippen LogP contribution in [-0.2, 0) is 4.74 Å². The summed E-state index contributed by atoms with van der Waals surface area (Å²) in [7, 11) is 2.01. The van der Waals surface area contributed by atoms with E-state index >= 15 is 0 Å². The van der Waals surface area contributed by atoms with Crippen LogP contribution in [0.2, 0.25) is 0 Å². The number of carbonyl (C=O) groups is 1. The molecule has 0 spiro atoms. The molecule has 1 N–H and O–H groups in total. The lowest BCUT2D eigenvalue weighted by atomic mass is 10.3. The standard InChI is InChI=1S/C9H8F3NO5/c1-16-7-4(18-9(10,11)12)3-5(14)13-6(7)8(15)17-2/h3H,1-2H3,(H,13,14). The molecule has 0 unspecified atom stereocenters. The normalized spacial score (nSPS) is 10.9. The number of alkyl halides is 3. The van der Waals surface area contributed by atoms with Gasteiger partial charge in [-0.3, -0.25) is 4.79 Å². The van der Waals surface area contributed by atoms with Gasteiger partial charge in [0, 0.05) is 6.07 Å². The zero-order valence-corrected chi connectivity index (χ0v) is 9.25. The van der Waals surface area contributed by atoms with Crippen LogP contribution >= 0.6 is 0 Å². The molecule has 0 radical (unpaired) electrons. The summed E-state index contributed by atoms with van der Waals surface area (Å²) in [6.45, 7) is 0. The fraction of sp³-hybridized carbons (Fsp3) is 0.333. The number of esters is 1. The second kappa shape index (κ2) is 4.98. The van der Waals surface area contributed by atoms with Gasteiger partial charge in [-0.15, -0.1) is 13.2 Å². The van der Waals surface area contributed by atoms with Gasteiger partial charge in [0.1, 0.15) is 0 Å².